The van der Waals surface area contributed by atoms with Crippen molar-refractivity contribution in [2.75, 3.05) is 12.4 Å². The van der Waals surface area contributed by atoms with E-state index in [1.165, 1.54) is 7.11 Å². The minimum atomic E-state index is -0.373. The molecule has 2 aromatic rings. The molecule has 104 valence electrons. The lowest BCUT2D eigenvalue weighted by Gasteiger charge is -2.08. The number of nitrogens with zero attached hydrogens (tertiary/aromatic N) is 2. The molecular formula is C15H17N3O2. The molecule has 0 saturated carbocycles. The summed E-state index contributed by atoms with van der Waals surface area (Å²) < 4.78 is 4.69. The highest BCUT2D eigenvalue weighted by molar-refractivity contribution is 5.90. The van der Waals surface area contributed by atoms with Gasteiger partial charge in [0, 0.05) is 5.69 Å². The smallest absolute Gasteiger partial charge is 0.339 e. The zero-order valence-electron chi connectivity index (χ0n) is 11.8. The van der Waals surface area contributed by atoms with Crippen molar-refractivity contribution in [3.63, 3.8) is 0 Å². The van der Waals surface area contributed by atoms with Gasteiger partial charge in [-0.2, -0.15) is 0 Å². The minimum Gasteiger partial charge on any atom is -0.465 e. The summed E-state index contributed by atoms with van der Waals surface area (Å²) in [5, 5.41) is 3.19. The summed E-state index contributed by atoms with van der Waals surface area (Å²) >= 11 is 0. The predicted octanol–water partition coefficient (Wildman–Crippen LogP) is 2.49. The van der Waals surface area contributed by atoms with Crippen LogP contribution in [0.4, 0.5) is 5.82 Å². The Labute approximate surface area is 118 Å². The molecule has 0 amide bonds. The van der Waals surface area contributed by atoms with Crippen LogP contribution in [0.1, 0.15) is 27.4 Å². The molecule has 0 atom stereocenters. The molecule has 0 aliphatic rings. The molecule has 0 aromatic carbocycles. The number of hydrogen-bond donors (Lipinski definition) is 1. The van der Waals surface area contributed by atoms with Gasteiger partial charge in [0.2, 0.25) is 0 Å². The molecule has 0 bridgehead atoms. The van der Waals surface area contributed by atoms with Crippen molar-refractivity contribution in [1.29, 1.82) is 0 Å². The molecule has 0 fully saturated rings. The van der Waals surface area contributed by atoms with E-state index in [0.29, 0.717) is 23.6 Å². The molecular weight excluding hydrogens is 254 g/mol. The molecule has 2 aromatic heterocycles. The molecule has 0 spiro atoms. The number of esters is 1. The van der Waals surface area contributed by atoms with E-state index in [9.17, 15) is 4.79 Å². The first-order chi connectivity index (χ1) is 9.60. The molecule has 0 saturated heterocycles. The topological polar surface area (TPSA) is 64.1 Å². The Morgan fingerprint density at radius 1 is 1.20 bits per heavy atom. The van der Waals surface area contributed by atoms with E-state index in [-0.39, 0.29) is 5.97 Å². The van der Waals surface area contributed by atoms with Crippen molar-refractivity contribution in [2.24, 2.45) is 0 Å². The van der Waals surface area contributed by atoms with Gasteiger partial charge in [-0.15, -0.1) is 0 Å². The third-order valence-electron chi connectivity index (χ3n) is 2.89. The highest BCUT2D eigenvalue weighted by Gasteiger charge is 2.10. The molecule has 1 N–H and O–H groups in total. The standard InChI is InChI=1S/C15H17N3O2/c1-10-5-4-6-12(17-10)9-16-14-8-7-13(11(2)18-14)15(19)20-3/h4-8H,9H2,1-3H3,(H,16,18). The van der Waals surface area contributed by atoms with E-state index in [0.717, 1.165) is 11.4 Å². The first-order valence-electron chi connectivity index (χ1n) is 6.32. The molecule has 5 nitrogen and oxygen atoms in total. The Morgan fingerprint density at radius 2 is 2.00 bits per heavy atom. The number of carbonyl (C=O) groups excluding carboxylic acids is 1. The second-order valence-electron chi connectivity index (χ2n) is 4.44. The van der Waals surface area contributed by atoms with E-state index < -0.39 is 0 Å². The molecule has 2 rings (SSSR count). The second-order valence-corrected chi connectivity index (χ2v) is 4.44. The monoisotopic (exact) mass is 271 g/mol. The molecule has 2 heterocycles. The van der Waals surface area contributed by atoms with Crippen molar-refractivity contribution < 1.29 is 9.53 Å². The van der Waals surface area contributed by atoms with Gasteiger partial charge in [0.25, 0.3) is 0 Å². The van der Waals surface area contributed by atoms with Crippen molar-refractivity contribution in [2.45, 2.75) is 20.4 Å². The first-order valence-corrected chi connectivity index (χ1v) is 6.32. The average Bonchev–Trinajstić information content (AvgIpc) is 2.44. The lowest BCUT2D eigenvalue weighted by Crippen LogP contribution is -2.08. The summed E-state index contributed by atoms with van der Waals surface area (Å²) in [4.78, 5) is 20.2. The normalized spacial score (nSPS) is 10.2. The molecule has 0 unspecified atom stereocenters. The highest BCUT2D eigenvalue weighted by Crippen LogP contribution is 2.12. The SMILES string of the molecule is COC(=O)c1ccc(NCc2cccc(C)n2)nc1C. The summed E-state index contributed by atoms with van der Waals surface area (Å²) in [5.41, 5.74) is 3.04. The predicted molar refractivity (Wildman–Crippen MR) is 76.6 cm³/mol. The quantitative estimate of drug-likeness (QED) is 0.865. The van der Waals surface area contributed by atoms with Gasteiger partial charge in [0.15, 0.2) is 0 Å². The number of aromatic nitrogens is 2. The zero-order valence-corrected chi connectivity index (χ0v) is 11.8. The van der Waals surface area contributed by atoms with Crippen LogP contribution < -0.4 is 5.32 Å². The number of hydrogen-bond acceptors (Lipinski definition) is 5. The number of pyridine rings is 2. The van der Waals surface area contributed by atoms with E-state index in [1.807, 2.05) is 25.1 Å². The van der Waals surface area contributed by atoms with Crippen molar-refractivity contribution >= 4 is 11.8 Å². The van der Waals surface area contributed by atoms with Gasteiger partial charge in [-0.05, 0) is 38.1 Å². The number of nitrogens with one attached hydrogen (secondary N) is 1. The summed E-state index contributed by atoms with van der Waals surface area (Å²) in [5.74, 6) is 0.334. The number of methoxy groups -OCH3 is 1. The zero-order chi connectivity index (χ0) is 14.5. The van der Waals surface area contributed by atoms with Crippen LogP contribution >= 0.6 is 0 Å². The molecule has 5 heteroatoms. The van der Waals surface area contributed by atoms with Crippen LogP contribution in [0.2, 0.25) is 0 Å². The Morgan fingerprint density at radius 3 is 2.65 bits per heavy atom. The molecule has 20 heavy (non-hydrogen) atoms. The molecule has 0 aliphatic heterocycles. The molecule has 0 radical (unpaired) electrons. The number of anilines is 1. The molecule has 0 aliphatic carbocycles. The van der Waals surface area contributed by atoms with Gasteiger partial charge in [0.05, 0.1) is 30.6 Å². The number of rotatable bonds is 4. The third-order valence-corrected chi connectivity index (χ3v) is 2.89. The van der Waals surface area contributed by atoms with Gasteiger partial charge in [-0.25, -0.2) is 9.78 Å². The Hall–Kier alpha value is -2.43. The van der Waals surface area contributed by atoms with Crippen LogP contribution in [0.5, 0.6) is 0 Å². The van der Waals surface area contributed by atoms with E-state index >= 15 is 0 Å². The van der Waals surface area contributed by atoms with Crippen LogP contribution in [-0.2, 0) is 11.3 Å². The van der Waals surface area contributed by atoms with Crippen molar-refractivity contribution in [3.8, 4) is 0 Å². The number of carbonyl (C=O) groups is 1. The number of ether oxygens (including phenoxy) is 1. The summed E-state index contributed by atoms with van der Waals surface area (Å²) in [6.45, 7) is 4.32. The van der Waals surface area contributed by atoms with Crippen LogP contribution in [0.3, 0.4) is 0 Å². The largest absolute Gasteiger partial charge is 0.465 e. The van der Waals surface area contributed by atoms with Crippen molar-refractivity contribution in [1.82, 2.24) is 9.97 Å². The lowest BCUT2D eigenvalue weighted by molar-refractivity contribution is 0.0599. The maximum Gasteiger partial charge on any atom is 0.339 e. The van der Waals surface area contributed by atoms with Crippen molar-refractivity contribution in [3.05, 3.63) is 53.0 Å². The van der Waals surface area contributed by atoms with E-state index in [1.54, 1.807) is 19.1 Å². The van der Waals surface area contributed by atoms with Crippen LogP contribution in [-0.4, -0.2) is 23.0 Å². The van der Waals surface area contributed by atoms with E-state index in [4.69, 9.17) is 4.74 Å². The fourth-order valence-corrected chi connectivity index (χ4v) is 1.86. The van der Waals surface area contributed by atoms with Crippen LogP contribution in [0.25, 0.3) is 0 Å². The maximum absolute atomic E-state index is 11.5. The van der Waals surface area contributed by atoms with Gasteiger partial charge < -0.3 is 10.1 Å². The summed E-state index contributed by atoms with van der Waals surface area (Å²) in [6, 6.07) is 9.35. The third kappa shape index (κ3) is 3.32. The maximum atomic E-state index is 11.5. The van der Waals surface area contributed by atoms with Gasteiger partial charge >= 0.3 is 5.97 Å². The van der Waals surface area contributed by atoms with Crippen LogP contribution in [0, 0.1) is 13.8 Å². The van der Waals surface area contributed by atoms with E-state index in [2.05, 4.69) is 15.3 Å². The summed E-state index contributed by atoms with van der Waals surface area (Å²) in [6.07, 6.45) is 0. The lowest BCUT2D eigenvalue weighted by atomic mass is 10.2. The van der Waals surface area contributed by atoms with Crippen LogP contribution in [0.15, 0.2) is 30.3 Å². The minimum absolute atomic E-state index is 0.373. The van der Waals surface area contributed by atoms with Gasteiger partial charge in [0.1, 0.15) is 5.82 Å². The Balaban J connectivity index is 2.07. The fourth-order valence-electron chi connectivity index (χ4n) is 1.86. The Bertz CT molecular complexity index is 626. The highest BCUT2D eigenvalue weighted by atomic mass is 16.5. The fraction of sp³-hybridized carbons (Fsp3) is 0.267. The second kappa shape index (κ2) is 6.14. The van der Waals surface area contributed by atoms with Gasteiger partial charge in [-0.1, -0.05) is 6.07 Å². The average molecular weight is 271 g/mol. The number of aryl methyl sites for hydroxylation is 2. The van der Waals surface area contributed by atoms with Gasteiger partial charge in [-0.3, -0.25) is 4.98 Å². The Kier molecular flexibility index (Phi) is 4.30. The summed E-state index contributed by atoms with van der Waals surface area (Å²) in [7, 11) is 1.36. The first kappa shape index (κ1) is 14.0.